The standard InChI is InChI=1S/C14H12BrNOS/c15-11-5-12(18-9-11)7-16-6-10(8-17)13-3-1-2-4-14(13)16/h1-6,9,17H,7-8H2. The van der Waals surface area contributed by atoms with Crippen molar-refractivity contribution in [3.05, 3.63) is 56.8 Å². The molecule has 0 saturated heterocycles. The van der Waals surface area contributed by atoms with Crippen molar-refractivity contribution >= 4 is 38.2 Å². The third kappa shape index (κ3) is 2.11. The average Bonchev–Trinajstić information content (AvgIpc) is 2.95. The van der Waals surface area contributed by atoms with Gasteiger partial charge in [0.05, 0.1) is 13.2 Å². The van der Waals surface area contributed by atoms with Crippen LogP contribution >= 0.6 is 27.3 Å². The number of hydrogen-bond donors (Lipinski definition) is 1. The normalized spacial score (nSPS) is 11.2. The SMILES string of the molecule is OCc1cn(Cc2cc(Br)cs2)c2ccccc12. The molecule has 0 spiro atoms. The van der Waals surface area contributed by atoms with Crippen molar-refractivity contribution in [3.8, 4) is 0 Å². The average molecular weight is 322 g/mol. The van der Waals surface area contributed by atoms with Crippen molar-refractivity contribution in [1.82, 2.24) is 4.57 Å². The van der Waals surface area contributed by atoms with Gasteiger partial charge in [0.2, 0.25) is 0 Å². The summed E-state index contributed by atoms with van der Waals surface area (Å²) in [5, 5.41) is 12.6. The Morgan fingerprint density at radius 3 is 2.83 bits per heavy atom. The van der Waals surface area contributed by atoms with Gasteiger partial charge >= 0.3 is 0 Å². The molecule has 2 aromatic heterocycles. The molecule has 0 aliphatic heterocycles. The molecule has 0 aliphatic rings. The van der Waals surface area contributed by atoms with Crippen molar-refractivity contribution in [2.45, 2.75) is 13.2 Å². The van der Waals surface area contributed by atoms with Crippen LogP contribution < -0.4 is 0 Å². The summed E-state index contributed by atoms with van der Waals surface area (Å²) in [6.07, 6.45) is 2.04. The molecule has 0 unspecified atom stereocenters. The predicted octanol–water partition coefficient (Wildman–Crippen LogP) is 4.01. The lowest BCUT2D eigenvalue weighted by molar-refractivity contribution is 0.283. The number of fused-ring (bicyclic) bond motifs is 1. The van der Waals surface area contributed by atoms with E-state index in [1.807, 2.05) is 18.3 Å². The molecule has 18 heavy (non-hydrogen) atoms. The number of rotatable bonds is 3. The zero-order valence-electron chi connectivity index (χ0n) is 9.64. The molecule has 0 aliphatic carbocycles. The first-order chi connectivity index (χ1) is 8.78. The van der Waals surface area contributed by atoms with Crippen LogP contribution in [0.3, 0.4) is 0 Å². The minimum atomic E-state index is 0.0850. The van der Waals surface area contributed by atoms with Crippen LogP contribution in [0.15, 0.2) is 46.4 Å². The predicted molar refractivity (Wildman–Crippen MR) is 79.0 cm³/mol. The van der Waals surface area contributed by atoms with E-state index in [0.717, 1.165) is 22.0 Å². The minimum absolute atomic E-state index is 0.0850. The molecule has 1 N–H and O–H groups in total. The van der Waals surface area contributed by atoms with Gasteiger partial charge in [-0.3, -0.25) is 0 Å². The molecular formula is C14H12BrNOS. The summed E-state index contributed by atoms with van der Waals surface area (Å²) in [5.41, 5.74) is 2.16. The van der Waals surface area contributed by atoms with Gasteiger partial charge in [-0.05, 0) is 28.1 Å². The van der Waals surface area contributed by atoms with Crippen LogP contribution in [0, 0.1) is 0 Å². The Morgan fingerprint density at radius 2 is 2.11 bits per heavy atom. The summed E-state index contributed by atoms with van der Waals surface area (Å²) in [6.45, 7) is 0.929. The van der Waals surface area contributed by atoms with Gasteiger partial charge in [-0.1, -0.05) is 18.2 Å². The first-order valence-electron chi connectivity index (χ1n) is 5.68. The molecule has 0 radical (unpaired) electrons. The number of para-hydroxylation sites is 1. The minimum Gasteiger partial charge on any atom is -0.392 e. The van der Waals surface area contributed by atoms with Gasteiger partial charge in [0, 0.05) is 37.4 Å². The Kier molecular flexibility index (Phi) is 3.24. The third-order valence-corrected chi connectivity index (χ3v) is 4.67. The lowest BCUT2D eigenvalue weighted by Gasteiger charge is -2.02. The smallest absolute Gasteiger partial charge is 0.0702 e. The van der Waals surface area contributed by atoms with E-state index in [1.54, 1.807) is 11.3 Å². The van der Waals surface area contributed by atoms with E-state index in [0.29, 0.717) is 0 Å². The third-order valence-electron chi connectivity index (χ3n) is 2.99. The van der Waals surface area contributed by atoms with E-state index in [1.165, 1.54) is 10.4 Å². The van der Waals surface area contributed by atoms with Crippen molar-refractivity contribution in [1.29, 1.82) is 0 Å². The number of aliphatic hydroxyl groups is 1. The second-order valence-corrected chi connectivity index (χ2v) is 6.10. The molecule has 2 heterocycles. The monoisotopic (exact) mass is 321 g/mol. The van der Waals surface area contributed by atoms with Gasteiger partial charge in [-0.2, -0.15) is 0 Å². The molecule has 92 valence electrons. The van der Waals surface area contributed by atoms with Crippen LogP contribution in [0.1, 0.15) is 10.4 Å². The fourth-order valence-corrected chi connectivity index (χ4v) is 3.63. The maximum Gasteiger partial charge on any atom is 0.0702 e. The van der Waals surface area contributed by atoms with Crippen LogP contribution in [0.5, 0.6) is 0 Å². The zero-order valence-corrected chi connectivity index (χ0v) is 12.0. The van der Waals surface area contributed by atoms with E-state index in [2.05, 4.69) is 44.1 Å². The van der Waals surface area contributed by atoms with Crippen LogP contribution in [0.2, 0.25) is 0 Å². The van der Waals surface area contributed by atoms with E-state index in [9.17, 15) is 5.11 Å². The highest BCUT2D eigenvalue weighted by atomic mass is 79.9. The summed E-state index contributed by atoms with van der Waals surface area (Å²) < 4.78 is 3.32. The number of benzene rings is 1. The van der Waals surface area contributed by atoms with Gasteiger partial charge < -0.3 is 9.67 Å². The second-order valence-electron chi connectivity index (χ2n) is 4.19. The molecule has 0 amide bonds. The van der Waals surface area contributed by atoms with Gasteiger partial charge in [0.15, 0.2) is 0 Å². The summed E-state index contributed by atoms with van der Waals surface area (Å²) in [6, 6.07) is 10.3. The Labute approximate surface area is 118 Å². The summed E-state index contributed by atoms with van der Waals surface area (Å²) in [7, 11) is 0. The van der Waals surface area contributed by atoms with Crippen LogP contribution in [0.25, 0.3) is 10.9 Å². The second kappa shape index (κ2) is 4.88. The summed E-state index contributed by atoms with van der Waals surface area (Å²) >= 11 is 5.21. The lowest BCUT2D eigenvalue weighted by Crippen LogP contribution is -1.95. The largest absolute Gasteiger partial charge is 0.392 e. The fraction of sp³-hybridized carbons (Fsp3) is 0.143. The fourth-order valence-electron chi connectivity index (χ4n) is 2.18. The molecule has 1 aromatic carbocycles. The molecule has 0 saturated carbocycles. The van der Waals surface area contributed by atoms with E-state index < -0.39 is 0 Å². The summed E-state index contributed by atoms with van der Waals surface area (Å²) in [5.74, 6) is 0. The Morgan fingerprint density at radius 1 is 1.28 bits per heavy atom. The Balaban J connectivity index is 2.06. The number of aromatic nitrogens is 1. The van der Waals surface area contributed by atoms with Gasteiger partial charge in [0.1, 0.15) is 0 Å². The highest BCUT2D eigenvalue weighted by Crippen LogP contribution is 2.25. The Bertz CT molecular complexity index is 686. The first kappa shape index (κ1) is 12.0. The summed E-state index contributed by atoms with van der Waals surface area (Å²) in [4.78, 5) is 1.30. The van der Waals surface area contributed by atoms with E-state index >= 15 is 0 Å². The van der Waals surface area contributed by atoms with Crippen LogP contribution in [-0.2, 0) is 13.2 Å². The molecular weight excluding hydrogens is 310 g/mol. The first-order valence-corrected chi connectivity index (χ1v) is 7.35. The van der Waals surface area contributed by atoms with Crippen molar-refractivity contribution in [2.75, 3.05) is 0 Å². The van der Waals surface area contributed by atoms with Gasteiger partial charge in [0.25, 0.3) is 0 Å². The van der Waals surface area contributed by atoms with Crippen LogP contribution in [0.4, 0.5) is 0 Å². The zero-order chi connectivity index (χ0) is 12.5. The molecule has 0 bridgehead atoms. The number of hydrogen-bond acceptors (Lipinski definition) is 2. The molecule has 0 fully saturated rings. The highest BCUT2D eigenvalue weighted by Gasteiger charge is 2.08. The molecule has 4 heteroatoms. The van der Waals surface area contributed by atoms with Crippen LogP contribution in [-0.4, -0.2) is 9.67 Å². The quantitative estimate of drug-likeness (QED) is 0.774. The molecule has 0 atom stereocenters. The topological polar surface area (TPSA) is 25.2 Å². The maximum atomic E-state index is 9.40. The number of nitrogens with zero attached hydrogens (tertiary/aromatic N) is 1. The van der Waals surface area contributed by atoms with Gasteiger partial charge in [-0.15, -0.1) is 11.3 Å². The van der Waals surface area contributed by atoms with Gasteiger partial charge in [-0.25, -0.2) is 0 Å². The van der Waals surface area contributed by atoms with Crippen molar-refractivity contribution < 1.29 is 5.11 Å². The Hall–Kier alpha value is -1.10. The van der Waals surface area contributed by atoms with E-state index in [4.69, 9.17) is 0 Å². The molecule has 2 nitrogen and oxygen atoms in total. The number of aliphatic hydroxyl groups excluding tert-OH is 1. The highest BCUT2D eigenvalue weighted by molar-refractivity contribution is 9.10. The number of halogens is 1. The number of thiophene rings is 1. The van der Waals surface area contributed by atoms with Crippen molar-refractivity contribution in [2.24, 2.45) is 0 Å². The lowest BCUT2D eigenvalue weighted by atomic mass is 10.2. The molecule has 3 rings (SSSR count). The maximum absolute atomic E-state index is 9.40. The van der Waals surface area contributed by atoms with Crippen molar-refractivity contribution in [3.63, 3.8) is 0 Å². The molecule has 3 aromatic rings. The van der Waals surface area contributed by atoms with E-state index in [-0.39, 0.29) is 6.61 Å².